The summed E-state index contributed by atoms with van der Waals surface area (Å²) in [6, 6.07) is 18.9. The first kappa shape index (κ1) is 28.2. The third-order valence-corrected chi connectivity index (χ3v) is 5.25. The molecule has 0 saturated carbocycles. The molecule has 174 valence electrons. The second-order valence-corrected chi connectivity index (χ2v) is 8.56. The first-order chi connectivity index (χ1) is 15.7. The smallest absolute Gasteiger partial charge is 0.756 e. The molecule has 1 N–H and O–H groups in total. The van der Waals surface area contributed by atoms with E-state index in [0.717, 1.165) is 34.4 Å². The topological polar surface area (TPSA) is 105 Å². The minimum atomic E-state index is -4.95. The van der Waals surface area contributed by atoms with Crippen LogP contribution in [0.1, 0.15) is 32.6 Å². The van der Waals surface area contributed by atoms with Gasteiger partial charge in [-0.2, -0.15) is 0 Å². The van der Waals surface area contributed by atoms with Crippen LogP contribution in [0.3, 0.4) is 0 Å². The van der Waals surface area contributed by atoms with E-state index in [0.29, 0.717) is 13.0 Å². The zero-order valence-electron chi connectivity index (χ0n) is 18.9. The molecule has 0 aliphatic heterocycles. The van der Waals surface area contributed by atoms with E-state index >= 15 is 0 Å². The Bertz CT molecular complexity index is 1150. The summed E-state index contributed by atoms with van der Waals surface area (Å²) in [4.78, 5) is 31.1. The number of rotatable bonds is 10. The van der Waals surface area contributed by atoms with Crippen molar-refractivity contribution in [3.63, 3.8) is 0 Å². The van der Waals surface area contributed by atoms with Gasteiger partial charge in [0, 0.05) is 0 Å². The summed E-state index contributed by atoms with van der Waals surface area (Å²) in [6.45, 7) is 1.41. The molecule has 0 aliphatic carbocycles. The molecule has 0 amide bonds. The van der Waals surface area contributed by atoms with Gasteiger partial charge in [0.05, 0.1) is 5.56 Å². The summed E-state index contributed by atoms with van der Waals surface area (Å²) in [5, 5.41) is 0. The number of aryl methyl sites for hydroxylation is 3. The van der Waals surface area contributed by atoms with Gasteiger partial charge < -0.3 is 19.3 Å². The molecule has 0 saturated heterocycles. The molecule has 3 aromatic carbocycles. The second-order valence-electron chi connectivity index (χ2n) is 7.36. The van der Waals surface area contributed by atoms with Crippen molar-refractivity contribution in [3.05, 3.63) is 100 Å². The van der Waals surface area contributed by atoms with Crippen molar-refractivity contribution in [3.8, 4) is 5.75 Å². The fourth-order valence-electron chi connectivity index (χ4n) is 3.14. The van der Waals surface area contributed by atoms with Gasteiger partial charge in [-0.05, 0) is 72.4 Å². The van der Waals surface area contributed by atoms with Crippen molar-refractivity contribution in [2.24, 2.45) is 0 Å². The molecule has 0 bridgehead atoms. The summed E-state index contributed by atoms with van der Waals surface area (Å²) in [5.74, 6) is -0.294. The molecule has 0 spiro atoms. The zero-order valence-corrected chi connectivity index (χ0v) is 21.8. The molecule has 1 atom stereocenters. The Morgan fingerprint density at radius 1 is 1.00 bits per heavy atom. The Kier molecular flexibility index (Phi) is 10.9. The number of benzene rings is 3. The standard InChI is InChI=1S/C24H24FO7P.Na/c1-17-13-19(9-12-23(17)30-15-20-7-10-22(25)11-8-20)6-5-18-3-2-4-21(14-18)24(26)31-16-32-33(27,28)29;/h2-4,7-14H,5-6,15-16H2,1H3,(H2,27,28,29);/q;+1/p-1. The Labute approximate surface area is 219 Å². The fourth-order valence-corrected chi connectivity index (χ4v) is 3.33. The number of phosphoric ester groups is 1. The molecule has 0 radical (unpaired) electrons. The summed E-state index contributed by atoms with van der Waals surface area (Å²) in [5.41, 5.74) is 4.10. The van der Waals surface area contributed by atoms with Crippen LogP contribution in [0.5, 0.6) is 5.75 Å². The Morgan fingerprint density at radius 3 is 2.29 bits per heavy atom. The number of ether oxygens (including phenoxy) is 2. The predicted octanol–water partition coefficient (Wildman–Crippen LogP) is 1.09. The molecule has 0 aromatic heterocycles. The normalized spacial score (nSPS) is 12.4. The number of carbonyl (C=O) groups excluding carboxylic acids is 1. The van der Waals surface area contributed by atoms with Gasteiger partial charge in [0.15, 0.2) is 6.79 Å². The molecule has 7 nitrogen and oxygen atoms in total. The van der Waals surface area contributed by atoms with Crippen molar-refractivity contribution < 1.29 is 67.1 Å². The van der Waals surface area contributed by atoms with E-state index in [9.17, 15) is 18.6 Å². The van der Waals surface area contributed by atoms with Crippen LogP contribution in [0.2, 0.25) is 0 Å². The minimum Gasteiger partial charge on any atom is -0.756 e. The van der Waals surface area contributed by atoms with Crippen molar-refractivity contribution in [2.45, 2.75) is 26.4 Å². The Morgan fingerprint density at radius 2 is 1.65 bits per heavy atom. The van der Waals surface area contributed by atoms with Crippen molar-refractivity contribution in [1.29, 1.82) is 0 Å². The largest absolute Gasteiger partial charge is 1.00 e. The van der Waals surface area contributed by atoms with E-state index < -0.39 is 20.6 Å². The molecule has 10 heteroatoms. The SMILES string of the molecule is Cc1cc(CCc2cccc(C(=O)OCOP(=O)([O-])O)c2)ccc1OCc1ccc(F)cc1.[Na+]. The number of esters is 1. The summed E-state index contributed by atoms with van der Waals surface area (Å²) >= 11 is 0. The summed E-state index contributed by atoms with van der Waals surface area (Å²) in [6.07, 6.45) is 1.39. The number of hydrogen-bond acceptors (Lipinski definition) is 6. The van der Waals surface area contributed by atoms with Crippen molar-refractivity contribution in [1.82, 2.24) is 0 Å². The van der Waals surface area contributed by atoms with Gasteiger partial charge in [-0.3, -0.25) is 9.09 Å². The number of phosphoric acid groups is 1. The van der Waals surface area contributed by atoms with Gasteiger partial charge in [0.1, 0.15) is 18.2 Å². The molecule has 3 aromatic rings. The van der Waals surface area contributed by atoms with Gasteiger partial charge in [0.2, 0.25) is 0 Å². The van der Waals surface area contributed by atoms with Crippen LogP contribution < -0.4 is 39.2 Å². The van der Waals surface area contributed by atoms with Gasteiger partial charge in [-0.15, -0.1) is 0 Å². The molecule has 0 heterocycles. The van der Waals surface area contributed by atoms with E-state index in [-0.39, 0.29) is 40.9 Å². The maximum atomic E-state index is 13.0. The molecule has 1 unspecified atom stereocenters. The first-order valence-corrected chi connectivity index (χ1v) is 11.6. The number of carbonyl (C=O) groups is 1. The minimum absolute atomic E-state index is 0. The maximum Gasteiger partial charge on any atom is 1.00 e. The molecule has 34 heavy (non-hydrogen) atoms. The molecule has 0 fully saturated rings. The third kappa shape index (κ3) is 9.31. The first-order valence-electron chi connectivity index (χ1n) is 10.1. The summed E-state index contributed by atoms with van der Waals surface area (Å²) < 4.78 is 38.1. The van der Waals surface area contributed by atoms with E-state index in [1.54, 1.807) is 30.3 Å². The summed E-state index contributed by atoms with van der Waals surface area (Å²) in [7, 11) is -4.95. The van der Waals surface area contributed by atoms with Gasteiger partial charge in [0.25, 0.3) is 7.82 Å². The Hall–Kier alpha value is -2.03. The van der Waals surface area contributed by atoms with Gasteiger partial charge in [-0.1, -0.05) is 36.4 Å². The fraction of sp³-hybridized carbons (Fsp3) is 0.208. The Balaban J connectivity index is 0.00000408. The molecular formula is C24H23FNaO7P. The van der Waals surface area contributed by atoms with Crippen LogP contribution in [-0.2, 0) is 33.3 Å². The van der Waals surface area contributed by atoms with Crippen molar-refractivity contribution in [2.75, 3.05) is 6.79 Å². The van der Waals surface area contributed by atoms with Crippen molar-refractivity contribution >= 4 is 13.8 Å². The second kappa shape index (κ2) is 13.2. The average molecular weight is 496 g/mol. The number of hydrogen-bond donors (Lipinski definition) is 1. The zero-order chi connectivity index (χ0) is 23.8. The monoisotopic (exact) mass is 496 g/mol. The van der Waals surface area contributed by atoms with E-state index in [4.69, 9.17) is 9.63 Å². The van der Waals surface area contributed by atoms with Crippen LogP contribution in [-0.4, -0.2) is 17.7 Å². The van der Waals surface area contributed by atoms with Crippen LogP contribution in [0.4, 0.5) is 4.39 Å². The molecule has 0 aliphatic rings. The van der Waals surface area contributed by atoms with Gasteiger partial charge >= 0.3 is 35.5 Å². The maximum absolute atomic E-state index is 13.0. The average Bonchev–Trinajstić information content (AvgIpc) is 2.77. The van der Waals surface area contributed by atoms with Gasteiger partial charge in [-0.25, -0.2) is 9.18 Å². The van der Waals surface area contributed by atoms with Crippen LogP contribution in [0.25, 0.3) is 0 Å². The predicted molar refractivity (Wildman–Crippen MR) is 117 cm³/mol. The van der Waals surface area contributed by atoms with E-state index in [1.165, 1.54) is 12.1 Å². The quantitative estimate of drug-likeness (QED) is 0.194. The van der Waals surface area contributed by atoms with E-state index in [1.807, 2.05) is 31.2 Å². The molecule has 3 rings (SSSR count). The van der Waals surface area contributed by atoms with Crippen LogP contribution >= 0.6 is 7.82 Å². The van der Waals surface area contributed by atoms with E-state index in [2.05, 4.69) is 9.26 Å². The molecular weight excluding hydrogens is 473 g/mol. The number of halogens is 1. The third-order valence-electron chi connectivity index (χ3n) is 4.82. The van der Waals surface area contributed by atoms with Crippen LogP contribution in [0, 0.1) is 12.7 Å². The van der Waals surface area contributed by atoms with Crippen LogP contribution in [0.15, 0.2) is 66.7 Å².